The molecule has 2 aliphatic rings. The molecule has 1 aromatic heterocycles. The number of benzene rings is 2. The Bertz CT molecular complexity index is 1350. The summed E-state index contributed by atoms with van der Waals surface area (Å²) in [5.41, 5.74) is -3.98. The van der Waals surface area contributed by atoms with Crippen LogP contribution in [0.3, 0.4) is 0 Å². The van der Waals surface area contributed by atoms with E-state index in [2.05, 4.69) is 9.68 Å². The number of para-hydroxylation sites is 1. The maximum absolute atomic E-state index is 14.3. The van der Waals surface area contributed by atoms with Gasteiger partial charge in [0.25, 0.3) is 5.91 Å². The smallest absolute Gasteiger partial charge is 0.426 e. The summed E-state index contributed by atoms with van der Waals surface area (Å²) in [5, 5.41) is 15.1. The zero-order chi connectivity index (χ0) is 24.3. The van der Waals surface area contributed by atoms with Crippen molar-refractivity contribution in [2.24, 2.45) is 0 Å². The van der Waals surface area contributed by atoms with E-state index in [0.29, 0.717) is 23.9 Å². The summed E-state index contributed by atoms with van der Waals surface area (Å²) in [7, 11) is 0. The Balaban J connectivity index is 1.59. The second-order valence-corrected chi connectivity index (χ2v) is 8.38. The fourth-order valence-electron chi connectivity index (χ4n) is 4.10. The van der Waals surface area contributed by atoms with Crippen molar-refractivity contribution >= 4 is 22.4 Å². The largest absolute Gasteiger partial charge is 0.454 e. The van der Waals surface area contributed by atoms with Crippen LogP contribution in [0.1, 0.15) is 24.1 Å². The number of aliphatic hydroxyl groups is 1. The zero-order valence-corrected chi connectivity index (χ0v) is 17.9. The number of aromatic nitrogens is 1. The minimum atomic E-state index is -5.28. The molecule has 1 amide bonds. The molecule has 1 atom stereocenters. The van der Waals surface area contributed by atoms with Gasteiger partial charge in [0.15, 0.2) is 11.5 Å². The molecule has 0 radical (unpaired) electrons. The van der Waals surface area contributed by atoms with Crippen LogP contribution in [0.5, 0.6) is 11.5 Å². The third-order valence-electron chi connectivity index (χ3n) is 6.03. The molecule has 1 aliphatic heterocycles. The van der Waals surface area contributed by atoms with Crippen LogP contribution in [0.2, 0.25) is 0 Å². The molecule has 0 bridgehead atoms. The molecule has 1 saturated carbocycles. The molecule has 1 N–H and O–H groups in total. The maximum Gasteiger partial charge on any atom is 0.426 e. The van der Waals surface area contributed by atoms with Crippen LogP contribution in [-0.2, 0) is 11.2 Å². The predicted octanol–water partition coefficient (Wildman–Crippen LogP) is 3.26. The van der Waals surface area contributed by atoms with Crippen molar-refractivity contribution in [2.45, 2.75) is 44.0 Å². The van der Waals surface area contributed by atoms with E-state index in [1.165, 1.54) is 36.4 Å². The van der Waals surface area contributed by atoms with E-state index in [1.807, 2.05) is 0 Å². The number of ether oxygens (including phenoxy) is 2. The second-order valence-electron chi connectivity index (χ2n) is 8.38. The number of nitrogens with zero attached hydrogens (tertiary/aromatic N) is 2. The van der Waals surface area contributed by atoms with Crippen molar-refractivity contribution in [3.8, 4) is 11.5 Å². The van der Waals surface area contributed by atoms with Crippen molar-refractivity contribution in [1.29, 1.82) is 0 Å². The molecular formula is C23H19F3N2O6. The molecule has 2 heterocycles. The lowest BCUT2D eigenvalue weighted by Crippen LogP contribution is -2.60. The van der Waals surface area contributed by atoms with Gasteiger partial charge in [0.1, 0.15) is 0 Å². The lowest BCUT2D eigenvalue weighted by Gasteiger charge is -2.35. The Morgan fingerprint density at radius 1 is 1.18 bits per heavy atom. The summed E-state index contributed by atoms with van der Waals surface area (Å²) >= 11 is 0. The molecule has 2 aromatic carbocycles. The van der Waals surface area contributed by atoms with Gasteiger partial charge in [0, 0.05) is 29.1 Å². The summed E-state index contributed by atoms with van der Waals surface area (Å²) in [6, 6.07) is 7.97. The maximum atomic E-state index is 14.3. The Kier molecular flexibility index (Phi) is 5.05. The van der Waals surface area contributed by atoms with Gasteiger partial charge in [-0.3, -0.25) is 4.79 Å². The number of alkyl halides is 3. The Hall–Kier alpha value is -3.60. The Labute approximate surface area is 190 Å². The second kappa shape index (κ2) is 7.73. The van der Waals surface area contributed by atoms with Gasteiger partial charge in [0.2, 0.25) is 12.4 Å². The average molecular weight is 476 g/mol. The van der Waals surface area contributed by atoms with Gasteiger partial charge in [-0.25, -0.2) is 4.79 Å². The van der Waals surface area contributed by atoms with Crippen LogP contribution in [-0.4, -0.2) is 40.8 Å². The number of halogens is 3. The summed E-state index contributed by atoms with van der Waals surface area (Å²) in [5.74, 6) is -1.20. The fourth-order valence-corrected chi connectivity index (χ4v) is 4.10. The Morgan fingerprint density at radius 3 is 2.65 bits per heavy atom. The minimum Gasteiger partial charge on any atom is -0.454 e. The van der Waals surface area contributed by atoms with E-state index in [0.717, 1.165) is 4.90 Å². The number of carbonyl (C=O) groups excluding carboxylic acids is 1. The number of hydrogen-bond donors (Lipinski definition) is 1. The highest BCUT2D eigenvalue weighted by atomic mass is 19.4. The predicted molar refractivity (Wildman–Crippen MR) is 113 cm³/mol. The highest BCUT2D eigenvalue weighted by molar-refractivity contribution is 6.02. The number of aryl methyl sites for hydroxylation is 1. The van der Waals surface area contributed by atoms with E-state index in [-0.39, 0.29) is 34.9 Å². The van der Waals surface area contributed by atoms with E-state index < -0.39 is 35.8 Å². The summed E-state index contributed by atoms with van der Waals surface area (Å²) in [4.78, 5) is 26.4. The number of amides is 1. The van der Waals surface area contributed by atoms with Crippen molar-refractivity contribution in [3.63, 3.8) is 0 Å². The Morgan fingerprint density at radius 2 is 1.94 bits per heavy atom. The van der Waals surface area contributed by atoms with Crippen LogP contribution in [0.4, 0.5) is 18.9 Å². The van der Waals surface area contributed by atoms with Gasteiger partial charge < -0.3 is 24.0 Å². The van der Waals surface area contributed by atoms with Crippen molar-refractivity contribution in [3.05, 3.63) is 58.1 Å². The molecule has 11 heteroatoms. The topological polar surface area (TPSA) is 102 Å². The van der Waals surface area contributed by atoms with E-state index in [1.54, 1.807) is 6.92 Å². The van der Waals surface area contributed by atoms with Gasteiger partial charge in [-0.2, -0.15) is 13.2 Å². The number of hydrogen-bond acceptors (Lipinski definition) is 7. The standard InChI is InChI=1S/C23H19F3N2O6/c1-12-17-9-15(7-8-16(17)20(29)34-27-12)28(14-5-6-14)21(30)22(31,23(24,25)26)10-13-3-2-4-18-19(13)33-11-32-18/h2-4,7-9,14,31H,5-6,10-11H2,1H3. The third kappa shape index (κ3) is 3.56. The summed E-state index contributed by atoms with van der Waals surface area (Å²) < 4.78 is 58.0. The normalized spacial score (nSPS) is 17.0. The number of anilines is 1. The van der Waals surface area contributed by atoms with Crippen LogP contribution in [0, 0.1) is 6.92 Å². The van der Waals surface area contributed by atoms with E-state index in [4.69, 9.17) is 9.47 Å². The van der Waals surface area contributed by atoms with Gasteiger partial charge in [-0.05, 0) is 44.0 Å². The van der Waals surface area contributed by atoms with Crippen LogP contribution < -0.4 is 20.0 Å². The SMILES string of the molecule is Cc1noc(=O)c2ccc(N(C(=O)C(O)(Cc3cccc4c3OCO4)C(F)(F)F)C3CC3)cc12. The van der Waals surface area contributed by atoms with Crippen molar-refractivity contribution < 1.29 is 37.1 Å². The average Bonchev–Trinajstić information content (AvgIpc) is 3.50. The van der Waals surface area contributed by atoms with Gasteiger partial charge in [-0.15, -0.1) is 0 Å². The first-order valence-corrected chi connectivity index (χ1v) is 10.5. The molecule has 0 saturated heterocycles. The molecule has 1 fully saturated rings. The number of rotatable bonds is 5. The first-order chi connectivity index (χ1) is 16.1. The number of fused-ring (bicyclic) bond motifs is 2. The summed E-state index contributed by atoms with van der Waals surface area (Å²) in [6.45, 7) is 1.40. The van der Waals surface area contributed by atoms with Crippen LogP contribution >= 0.6 is 0 Å². The van der Waals surface area contributed by atoms with E-state index >= 15 is 0 Å². The highest BCUT2D eigenvalue weighted by Gasteiger charge is 2.62. The first-order valence-electron chi connectivity index (χ1n) is 10.5. The van der Waals surface area contributed by atoms with Crippen LogP contribution in [0.15, 0.2) is 45.7 Å². The summed E-state index contributed by atoms with van der Waals surface area (Å²) in [6.07, 6.45) is -5.38. The van der Waals surface area contributed by atoms with Crippen LogP contribution in [0.25, 0.3) is 10.8 Å². The van der Waals surface area contributed by atoms with Gasteiger partial charge in [0.05, 0.1) is 11.1 Å². The van der Waals surface area contributed by atoms with Gasteiger partial charge >= 0.3 is 11.8 Å². The molecule has 0 spiro atoms. The van der Waals surface area contributed by atoms with Crippen molar-refractivity contribution in [2.75, 3.05) is 11.7 Å². The zero-order valence-electron chi connectivity index (χ0n) is 17.9. The quantitative estimate of drug-likeness (QED) is 0.603. The highest BCUT2D eigenvalue weighted by Crippen LogP contribution is 2.44. The van der Waals surface area contributed by atoms with E-state index in [9.17, 15) is 27.9 Å². The first kappa shape index (κ1) is 22.2. The lowest BCUT2D eigenvalue weighted by molar-refractivity contribution is -0.250. The molecular weight excluding hydrogens is 457 g/mol. The molecule has 34 heavy (non-hydrogen) atoms. The molecule has 5 rings (SSSR count). The lowest BCUT2D eigenvalue weighted by atomic mass is 9.91. The minimum absolute atomic E-state index is 0.00455. The molecule has 3 aromatic rings. The fraction of sp³-hybridized carbons (Fsp3) is 0.348. The van der Waals surface area contributed by atoms with Crippen molar-refractivity contribution in [1.82, 2.24) is 5.16 Å². The molecule has 1 unspecified atom stereocenters. The monoisotopic (exact) mass is 476 g/mol. The molecule has 178 valence electrons. The third-order valence-corrected chi connectivity index (χ3v) is 6.03. The molecule has 8 nitrogen and oxygen atoms in total. The molecule has 1 aliphatic carbocycles. The van der Waals surface area contributed by atoms with Gasteiger partial charge in [-0.1, -0.05) is 17.3 Å². The number of carbonyl (C=O) groups is 1.